The summed E-state index contributed by atoms with van der Waals surface area (Å²) in [6.45, 7) is 6.30. The average Bonchev–Trinajstić information content (AvgIpc) is 3.35. The number of aromatic nitrogens is 2. The minimum absolute atomic E-state index is 0.227. The Bertz CT molecular complexity index is 1030. The van der Waals surface area contributed by atoms with Gasteiger partial charge in [-0.1, -0.05) is 18.2 Å². The fraction of sp³-hybridized carbons (Fsp3) is 0.320. The predicted molar refractivity (Wildman–Crippen MR) is 125 cm³/mol. The lowest BCUT2D eigenvalue weighted by molar-refractivity contribution is -0.122. The molecule has 2 heterocycles. The maximum Gasteiger partial charge on any atom is 0.265 e. The first-order chi connectivity index (χ1) is 15.6. The highest BCUT2D eigenvalue weighted by atomic mass is 16.5. The van der Waals surface area contributed by atoms with Crippen molar-refractivity contribution in [2.75, 3.05) is 29.9 Å². The summed E-state index contributed by atoms with van der Waals surface area (Å²) >= 11 is 0. The number of ether oxygens (including phenoxy) is 2. The van der Waals surface area contributed by atoms with Gasteiger partial charge in [0.05, 0.1) is 12.3 Å². The topological polar surface area (TPSA) is 76.6 Å². The Balaban J connectivity index is 1.34. The normalized spacial score (nSPS) is 14.1. The number of nitrogens with one attached hydrogen (secondary N) is 1. The fourth-order valence-electron chi connectivity index (χ4n) is 3.62. The minimum Gasteiger partial charge on any atom is -0.494 e. The number of rotatable bonds is 8. The van der Waals surface area contributed by atoms with Crippen LogP contribution >= 0.6 is 0 Å². The molecule has 1 aliphatic heterocycles. The number of carbonyl (C=O) groups is 1. The van der Waals surface area contributed by atoms with E-state index in [4.69, 9.17) is 9.47 Å². The second kappa shape index (κ2) is 10.1. The molecule has 1 unspecified atom stereocenters. The lowest BCUT2D eigenvalue weighted by atomic mass is 10.1. The van der Waals surface area contributed by atoms with Gasteiger partial charge < -0.3 is 19.7 Å². The quantitative estimate of drug-likeness (QED) is 0.563. The van der Waals surface area contributed by atoms with Crippen molar-refractivity contribution < 1.29 is 14.3 Å². The highest BCUT2D eigenvalue weighted by Crippen LogP contribution is 2.23. The molecule has 1 fully saturated rings. The van der Waals surface area contributed by atoms with Crippen LogP contribution in [-0.4, -0.2) is 41.9 Å². The summed E-state index contributed by atoms with van der Waals surface area (Å²) < 4.78 is 11.2. The summed E-state index contributed by atoms with van der Waals surface area (Å²) in [7, 11) is 0. The molecule has 2 aromatic carbocycles. The zero-order valence-corrected chi connectivity index (χ0v) is 18.5. The van der Waals surface area contributed by atoms with Crippen LogP contribution in [0.2, 0.25) is 0 Å². The molecule has 4 rings (SSSR count). The monoisotopic (exact) mass is 432 g/mol. The summed E-state index contributed by atoms with van der Waals surface area (Å²) in [5, 5.41) is 11.6. The van der Waals surface area contributed by atoms with Crippen LogP contribution < -0.4 is 19.7 Å². The van der Waals surface area contributed by atoms with Crippen molar-refractivity contribution in [1.29, 1.82) is 0 Å². The van der Waals surface area contributed by atoms with Crippen LogP contribution in [0.15, 0.2) is 60.7 Å². The van der Waals surface area contributed by atoms with E-state index in [0.29, 0.717) is 23.8 Å². The Morgan fingerprint density at radius 2 is 1.78 bits per heavy atom. The number of nitrogens with zero attached hydrogens (tertiary/aromatic N) is 3. The van der Waals surface area contributed by atoms with Crippen molar-refractivity contribution >= 4 is 17.4 Å². The third-order valence-corrected chi connectivity index (χ3v) is 5.33. The lowest BCUT2D eigenvalue weighted by Crippen LogP contribution is -2.30. The largest absolute Gasteiger partial charge is 0.494 e. The molecule has 7 heteroatoms. The molecule has 1 saturated heterocycles. The van der Waals surface area contributed by atoms with E-state index in [0.717, 1.165) is 30.2 Å². The molecule has 1 aliphatic rings. The van der Waals surface area contributed by atoms with Gasteiger partial charge in [-0.05, 0) is 63.1 Å². The first-order valence-electron chi connectivity index (χ1n) is 11.0. The number of carbonyl (C=O) groups excluding carboxylic acids is 1. The highest BCUT2D eigenvalue weighted by Gasteiger charge is 2.16. The van der Waals surface area contributed by atoms with Crippen molar-refractivity contribution in [3.05, 3.63) is 60.7 Å². The van der Waals surface area contributed by atoms with Gasteiger partial charge in [0.1, 0.15) is 11.5 Å². The zero-order chi connectivity index (χ0) is 22.3. The van der Waals surface area contributed by atoms with Gasteiger partial charge in [0.15, 0.2) is 11.9 Å². The number of hydrogen-bond acceptors (Lipinski definition) is 6. The van der Waals surface area contributed by atoms with E-state index in [9.17, 15) is 4.79 Å². The third kappa shape index (κ3) is 5.35. The molecular weight excluding hydrogens is 404 g/mol. The standard InChI is InChI=1S/C25H28N4O3/c1-3-31-21-7-6-8-22(17-21)32-18(2)25(30)26-20-11-9-19(10-12-20)23-13-14-24(28-27-23)29-15-4-5-16-29/h6-14,17-18H,3-5,15-16H2,1-2H3,(H,26,30). The molecule has 0 radical (unpaired) electrons. The van der Waals surface area contributed by atoms with Crippen LogP contribution in [-0.2, 0) is 4.79 Å². The van der Waals surface area contributed by atoms with E-state index < -0.39 is 6.10 Å². The van der Waals surface area contributed by atoms with Crippen molar-refractivity contribution in [3.8, 4) is 22.8 Å². The number of amides is 1. The van der Waals surface area contributed by atoms with Crippen LogP contribution in [0.4, 0.5) is 11.5 Å². The molecule has 32 heavy (non-hydrogen) atoms. The first-order valence-corrected chi connectivity index (χ1v) is 11.0. The maximum absolute atomic E-state index is 12.6. The smallest absolute Gasteiger partial charge is 0.265 e. The first kappa shape index (κ1) is 21.6. The van der Waals surface area contributed by atoms with Gasteiger partial charge in [-0.15, -0.1) is 10.2 Å². The molecule has 0 saturated carbocycles. The second-order valence-electron chi connectivity index (χ2n) is 7.71. The van der Waals surface area contributed by atoms with E-state index in [1.54, 1.807) is 19.1 Å². The molecule has 0 bridgehead atoms. The molecule has 0 spiro atoms. The molecule has 1 amide bonds. The molecule has 7 nitrogen and oxygen atoms in total. The van der Waals surface area contributed by atoms with Gasteiger partial charge in [-0.3, -0.25) is 4.79 Å². The molecule has 1 aromatic heterocycles. The molecule has 166 valence electrons. The van der Waals surface area contributed by atoms with Gasteiger partial charge >= 0.3 is 0 Å². The molecule has 3 aromatic rings. The number of anilines is 2. The van der Waals surface area contributed by atoms with Crippen molar-refractivity contribution in [3.63, 3.8) is 0 Å². The summed E-state index contributed by atoms with van der Waals surface area (Å²) in [6.07, 6.45) is 1.76. The number of benzene rings is 2. The van der Waals surface area contributed by atoms with Crippen LogP contribution in [0.1, 0.15) is 26.7 Å². The van der Waals surface area contributed by atoms with Gasteiger partial charge in [0.25, 0.3) is 5.91 Å². The molecular formula is C25H28N4O3. The summed E-state index contributed by atoms with van der Waals surface area (Å²) in [5.74, 6) is 2.00. The SMILES string of the molecule is CCOc1cccc(OC(C)C(=O)Nc2ccc(-c3ccc(N4CCCC4)nn3)cc2)c1. The second-order valence-corrected chi connectivity index (χ2v) is 7.71. The number of hydrogen-bond donors (Lipinski definition) is 1. The molecule has 1 N–H and O–H groups in total. The van der Waals surface area contributed by atoms with E-state index in [-0.39, 0.29) is 5.91 Å². The van der Waals surface area contributed by atoms with Crippen LogP contribution in [0, 0.1) is 0 Å². The summed E-state index contributed by atoms with van der Waals surface area (Å²) in [4.78, 5) is 14.8. The van der Waals surface area contributed by atoms with Crippen LogP contribution in [0.25, 0.3) is 11.3 Å². The van der Waals surface area contributed by atoms with Crippen molar-refractivity contribution in [2.24, 2.45) is 0 Å². The Labute approximate surface area is 188 Å². The Hall–Kier alpha value is -3.61. The fourth-order valence-corrected chi connectivity index (χ4v) is 3.62. The Morgan fingerprint density at radius 1 is 1.03 bits per heavy atom. The lowest BCUT2D eigenvalue weighted by Gasteiger charge is -2.16. The van der Waals surface area contributed by atoms with E-state index in [1.807, 2.05) is 55.5 Å². The third-order valence-electron chi connectivity index (χ3n) is 5.33. The highest BCUT2D eigenvalue weighted by molar-refractivity contribution is 5.94. The Kier molecular flexibility index (Phi) is 6.84. The van der Waals surface area contributed by atoms with E-state index in [2.05, 4.69) is 20.4 Å². The van der Waals surface area contributed by atoms with Crippen molar-refractivity contribution in [1.82, 2.24) is 10.2 Å². The summed E-state index contributed by atoms with van der Waals surface area (Å²) in [6, 6.07) is 18.8. The van der Waals surface area contributed by atoms with E-state index in [1.165, 1.54) is 12.8 Å². The summed E-state index contributed by atoms with van der Waals surface area (Å²) in [5.41, 5.74) is 2.44. The van der Waals surface area contributed by atoms with Gasteiger partial charge in [-0.2, -0.15) is 0 Å². The van der Waals surface area contributed by atoms with Gasteiger partial charge in [-0.25, -0.2) is 0 Å². The predicted octanol–water partition coefficient (Wildman–Crippen LogP) is 4.55. The molecule has 1 atom stereocenters. The van der Waals surface area contributed by atoms with Crippen molar-refractivity contribution in [2.45, 2.75) is 32.8 Å². The molecule has 0 aliphatic carbocycles. The van der Waals surface area contributed by atoms with Gasteiger partial charge in [0, 0.05) is 30.4 Å². The van der Waals surface area contributed by atoms with Gasteiger partial charge in [0.2, 0.25) is 0 Å². The zero-order valence-electron chi connectivity index (χ0n) is 18.5. The maximum atomic E-state index is 12.6. The van der Waals surface area contributed by atoms with Crippen LogP contribution in [0.5, 0.6) is 11.5 Å². The van der Waals surface area contributed by atoms with Crippen LogP contribution in [0.3, 0.4) is 0 Å². The van der Waals surface area contributed by atoms with E-state index >= 15 is 0 Å². The minimum atomic E-state index is -0.657. The Morgan fingerprint density at radius 3 is 2.47 bits per heavy atom. The average molecular weight is 433 g/mol.